The Morgan fingerprint density at radius 1 is 1.23 bits per heavy atom. The molecule has 0 aromatic rings. The van der Waals surface area contributed by atoms with Crippen molar-refractivity contribution < 1.29 is 0 Å². The van der Waals surface area contributed by atoms with E-state index < -0.39 is 0 Å². The van der Waals surface area contributed by atoms with Crippen molar-refractivity contribution in [2.24, 2.45) is 0 Å². The second kappa shape index (κ2) is 7.61. The van der Waals surface area contributed by atoms with E-state index in [1.807, 2.05) is 13.0 Å². The van der Waals surface area contributed by atoms with E-state index in [9.17, 15) is 0 Å². The maximum atomic E-state index is 8.39. The molecule has 0 aliphatic heterocycles. The zero-order valence-electron chi connectivity index (χ0n) is 8.93. The van der Waals surface area contributed by atoms with Crippen LogP contribution in [0.3, 0.4) is 0 Å². The molecule has 0 aliphatic carbocycles. The van der Waals surface area contributed by atoms with Crippen molar-refractivity contribution >= 4 is 0 Å². The van der Waals surface area contributed by atoms with Gasteiger partial charge in [0.2, 0.25) is 0 Å². The Kier molecular flexibility index (Phi) is 7.01. The molecule has 1 heteroatoms. The predicted molar refractivity (Wildman–Crippen MR) is 57.3 cm³/mol. The maximum absolute atomic E-state index is 8.39. The molecule has 0 saturated heterocycles. The fourth-order valence-electron chi connectivity index (χ4n) is 1.23. The summed E-state index contributed by atoms with van der Waals surface area (Å²) in [6.07, 6.45) is 8.39. The summed E-state index contributed by atoms with van der Waals surface area (Å²) in [6.45, 7) is 6.37. The Labute approximate surface area is 81.8 Å². The van der Waals surface area contributed by atoms with Crippen molar-refractivity contribution in [3.05, 3.63) is 23.3 Å². The van der Waals surface area contributed by atoms with Gasteiger partial charge in [-0.1, -0.05) is 30.6 Å². The number of hydrogen-bond acceptors (Lipinski definition) is 1. The first kappa shape index (κ1) is 12.0. The molecule has 13 heavy (non-hydrogen) atoms. The third-order valence-corrected chi connectivity index (χ3v) is 1.99. The van der Waals surface area contributed by atoms with Gasteiger partial charge in [0.05, 0.1) is 6.07 Å². The minimum absolute atomic E-state index is 1.01. The summed E-state index contributed by atoms with van der Waals surface area (Å²) in [4.78, 5) is 0. The van der Waals surface area contributed by atoms with Crippen LogP contribution in [0.1, 0.15) is 46.5 Å². The summed E-state index contributed by atoms with van der Waals surface area (Å²) in [7, 11) is 0. The second-order valence-corrected chi connectivity index (χ2v) is 3.46. The van der Waals surface area contributed by atoms with Gasteiger partial charge in [-0.25, -0.2) is 0 Å². The van der Waals surface area contributed by atoms with Crippen molar-refractivity contribution in [1.82, 2.24) is 0 Å². The second-order valence-electron chi connectivity index (χ2n) is 3.46. The minimum Gasteiger partial charge on any atom is -0.193 e. The molecule has 0 heterocycles. The summed E-state index contributed by atoms with van der Waals surface area (Å²) in [5.41, 5.74) is 2.63. The number of rotatable bonds is 5. The van der Waals surface area contributed by atoms with Gasteiger partial charge in [0.15, 0.2) is 0 Å². The number of allylic oxidation sites excluding steroid dienone is 4. The van der Waals surface area contributed by atoms with Gasteiger partial charge in [-0.3, -0.25) is 0 Å². The van der Waals surface area contributed by atoms with Gasteiger partial charge in [-0.05, 0) is 33.1 Å². The third-order valence-electron chi connectivity index (χ3n) is 1.99. The molecule has 0 rings (SSSR count). The van der Waals surface area contributed by atoms with Crippen molar-refractivity contribution in [1.29, 1.82) is 5.26 Å². The van der Waals surface area contributed by atoms with E-state index in [0.717, 1.165) is 12.8 Å². The van der Waals surface area contributed by atoms with Crippen molar-refractivity contribution in [2.75, 3.05) is 0 Å². The number of nitriles is 1. The number of hydrogen-bond donors (Lipinski definition) is 0. The highest BCUT2D eigenvalue weighted by atomic mass is 14.2. The van der Waals surface area contributed by atoms with E-state index >= 15 is 0 Å². The summed E-state index contributed by atoms with van der Waals surface area (Å²) < 4.78 is 0. The fraction of sp³-hybridized carbons (Fsp3) is 0.583. The van der Waals surface area contributed by atoms with E-state index in [1.54, 1.807) is 6.08 Å². The lowest BCUT2D eigenvalue weighted by molar-refractivity contribution is 0.881. The quantitative estimate of drug-likeness (QED) is 0.460. The molecule has 0 fully saturated rings. The average Bonchev–Trinajstić information content (AvgIpc) is 2.05. The van der Waals surface area contributed by atoms with Crippen molar-refractivity contribution in [3.63, 3.8) is 0 Å². The van der Waals surface area contributed by atoms with E-state index in [2.05, 4.69) is 19.9 Å². The first-order valence-corrected chi connectivity index (χ1v) is 4.91. The predicted octanol–water partition coefficient (Wildman–Crippen LogP) is 3.98. The molecule has 1 nitrogen and oxygen atoms in total. The Hall–Kier alpha value is -1.03. The molecule has 0 aromatic heterocycles. The summed E-state index contributed by atoms with van der Waals surface area (Å²) >= 11 is 0. The Bertz CT molecular complexity index is 228. The molecule has 0 amide bonds. The van der Waals surface area contributed by atoms with Crippen LogP contribution in [0.25, 0.3) is 0 Å². The standard InChI is InChI=1S/C12H19N/c1-4-6-11(2)7-5-8-12(3)9-10-13/h7,9H,4-6,8H2,1-3H3. The highest BCUT2D eigenvalue weighted by Crippen LogP contribution is 2.09. The van der Waals surface area contributed by atoms with E-state index in [4.69, 9.17) is 5.26 Å². The van der Waals surface area contributed by atoms with Gasteiger partial charge in [-0.15, -0.1) is 0 Å². The van der Waals surface area contributed by atoms with Gasteiger partial charge >= 0.3 is 0 Å². The first-order chi connectivity index (χ1) is 6.20. The fourth-order valence-corrected chi connectivity index (χ4v) is 1.23. The monoisotopic (exact) mass is 177 g/mol. The third kappa shape index (κ3) is 7.33. The van der Waals surface area contributed by atoms with Crippen LogP contribution in [0.2, 0.25) is 0 Å². The van der Waals surface area contributed by atoms with Crippen LogP contribution < -0.4 is 0 Å². The largest absolute Gasteiger partial charge is 0.193 e. The topological polar surface area (TPSA) is 23.8 Å². The number of nitrogens with zero attached hydrogens (tertiary/aromatic N) is 1. The van der Waals surface area contributed by atoms with Crippen molar-refractivity contribution in [2.45, 2.75) is 46.5 Å². The SMILES string of the molecule is CCCC(C)=CCCC(C)=CC#N. The highest BCUT2D eigenvalue weighted by Gasteiger charge is 1.89. The molecule has 0 bridgehead atoms. The van der Waals surface area contributed by atoms with Gasteiger partial charge in [0, 0.05) is 6.08 Å². The van der Waals surface area contributed by atoms with Gasteiger partial charge in [0.1, 0.15) is 0 Å². The normalized spacial score (nSPS) is 12.8. The van der Waals surface area contributed by atoms with Crippen LogP contribution >= 0.6 is 0 Å². The Morgan fingerprint density at radius 3 is 2.46 bits per heavy atom. The summed E-state index contributed by atoms with van der Waals surface area (Å²) in [5.74, 6) is 0. The lowest BCUT2D eigenvalue weighted by atomic mass is 10.1. The molecule has 0 unspecified atom stereocenters. The lowest BCUT2D eigenvalue weighted by Gasteiger charge is -1.98. The molecule has 0 N–H and O–H groups in total. The zero-order valence-corrected chi connectivity index (χ0v) is 8.93. The first-order valence-electron chi connectivity index (χ1n) is 4.91. The average molecular weight is 177 g/mol. The molecule has 0 radical (unpaired) electrons. The smallest absolute Gasteiger partial charge is 0.0911 e. The maximum Gasteiger partial charge on any atom is 0.0911 e. The molecule has 0 spiro atoms. The Balaban J connectivity index is 3.73. The minimum atomic E-state index is 1.01. The van der Waals surface area contributed by atoms with Crippen LogP contribution in [0, 0.1) is 11.3 Å². The molecule has 0 aromatic carbocycles. The Morgan fingerprint density at radius 2 is 1.92 bits per heavy atom. The molecule has 0 saturated carbocycles. The zero-order chi connectivity index (χ0) is 10.1. The van der Waals surface area contributed by atoms with E-state index in [-0.39, 0.29) is 0 Å². The van der Waals surface area contributed by atoms with Crippen LogP contribution in [-0.2, 0) is 0 Å². The molecular weight excluding hydrogens is 158 g/mol. The summed E-state index contributed by atoms with van der Waals surface area (Å²) in [5, 5.41) is 8.39. The van der Waals surface area contributed by atoms with Gasteiger partial charge in [-0.2, -0.15) is 5.26 Å². The van der Waals surface area contributed by atoms with Gasteiger partial charge < -0.3 is 0 Å². The molecular formula is C12H19N. The van der Waals surface area contributed by atoms with Crippen LogP contribution in [0.4, 0.5) is 0 Å². The van der Waals surface area contributed by atoms with E-state index in [1.165, 1.54) is 24.0 Å². The van der Waals surface area contributed by atoms with Crippen LogP contribution in [0.15, 0.2) is 23.3 Å². The highest BCUT2D eigenvalue weighted by molar-refractivity contribution is 5.12. The molecule has 0 aliphatic rings. The lowest BCUT2D eigenvalue weighted by Crippen LogP contribution is -1.78. The van der Waals surface area contributed by atoms with Crippen LogP contribution in [0.5, 0.6) is 0 Å². The van der Waals surface area contributed by atoms with Gasteiger partial charge in [0.25, 0.3) is 0 Å². The summed E-state index contributed by atoms with van der Waals surface area (Å²) in [6, 6.07) is 2.05. The van der Waals surface area contributed by atoms with Crippen molar-refractivity contribution in [3.8, 4) is 6.07 Å². The molecule has 72 valence electrons. The van der Waals surface area contributed by atoms with Crippen LogP contribution in [-0.4, -0.2) is 0 Å². The molecule has 0 atom stereocenters. The van der Waals surface area contributed by atoms with E-state index in [0.29, 0.717) is 0 Å².